The van der Waals surface area contributed by atoms with Crippen LogP contribution in [0.1, 0.15) is 30.7 Å². The standard InChI is InChI=1S/C17H21N5/c1-14-19-20-17(16-7-5-6-15(12-16)13-18)22(14)11-10-21-8-3-2-4-9-21/h5-7,12H,2-4,8-11H2,1H3. The summed E-state index contributed by atoms with van der Waals surface area (Å²) in [5.74, 6) is 1.78. The maximum atomic E-state index is 9.06. The van der Waals surface area contributed by atoms with Crippen LogP contribution in [0.5, 0.6) is 0 Å². The number of benzene rings is 1. The second kappa shape index (κ2) is 6.71. The fourth-order valence-corrected chi connectivity index (χ4v) is 3.01. The molecule has 114 valence electrons. The Morgan fingerprint density at radius 1 is 1.14 bits per heavy atom. The molecule has 0 radical (unpaired) electrons. The van der Waals surface area contributed by atoms with Crippen LogP contribution in [0.4, 0.5) is 0 Å². The van der Waals surface area contributed by atoms with Gasteiger partial charge in [0, 0.05) is 18.7 Å². The minimum Gasteiger partial charge on any atom is -0.310 e. The van der Waals surface area contributed by atoms with Crippen molar-refractivity contribution < 1.29 is 0 Å². The minimum atomic E-state index is 0.653. The van der Waals surface area contributed by atoms with Gasteiger partial charge in [0.15, 0.2) is 5.82 Å². The van der Waals surface area contributed by atoms with Crippen LogP contribution in [0.15, 0.2) is 24.3 Å². The maximum Gasteiger partial charge on any atom is 0.164 e. The molecule has 0 aliphatic carbocycles. The summed E-state index contributed by atoms with van der Waals surface area (Å²) in [6.45, 7) is 6.30. The molecule has 5 nitrogen and oxygen atoms in total. The van der Waals surface area contributed by atoms with Crippen LogP contribution in [0, 0.1) is 18.3 Å². The van der Waals surface area contributed by atoms with E-state index in [2.05, 4.69) is 25.7 Å². The molecule has 0 spiro atoms. The monoisotopic (exact) mass is 295 g/mol. The van der Waals surface area contributed by atoms with Crippen molar-refractivity contribution >= 4 is 0 Å². The van der Waals surface area contributed by atoms with E-state index in [1.54, 1.807) is 0 Å². The van der Waals surface area contributed by atoms with E-state index in [-0.39, 0.29) is 0 Å². The smallest absolute Gasteiger partial charge is 0.164 e. The summed E-state index contributed by atoms with van der Waals surface area (Å²) < 4.78 is 2.16. The third-order valence-electron chi connectivity index (χ3n) is 4.27. The van der Waals surface area contributed by atoms with Gasteiger partial charge in [-0.1, -0.05) is 18.6 Å². The Kier molecular flexibility index (Phi) is 4.50. The van der Waals surface area contributed by atoms with E-state index >= 15 is 0 Å². The van der Waals surface area contributed by atoms with E-state index in [4.69, 9.17) is 5.26 Å². The van der Waals surface area contributed by atoms with Gasteiger partial charge in [-0.25, -0.2) is 0 Å². The van der Waals surface area contributed by atoms with E-state index in [1.165, 1.54) is 32.4 Å². The lowest BCUT2D eigenvalue weighted by Gasteiger charge is -2.26. The van der Waals surface area contributed by atoms with E-state index in [0.717, 1.165) is 30.3 Å². The van der Waals surface area contributed by atoms with Crippen molar-refractivity contribution in [3.63, 3.8) is 0 Å². The lowest BCUT2D eigenvalue weighted by Crippen LogP contribution is -2.32. The normalized spacial score (nSPS) is 15.6. The number of nitrogens with zero attached hydrogens (tertiary/aromatic N) is 5. The van der Waals surface area contributed by atoms with Crippen molar-refractivity contribution in [2.24, 2.45) is 0 Å². The highest BCUT2D eigenvalue weighted by atomic mass is 15.3. The van der Waals surface area contributed by atoms with Crippen LogP contribution in [-0.4, -0.2) is 39.3 Å². The SMILES string of the molecule is Cc1nnc(-c2cccc(C#N)c2)n1CCN1CCCCC1. The Labute approximate surface area is 131 Å². The quantitative estimate of drug-likeness (QED) is 0.870. The number of piperidine rings is 1. The molecule has 3 rings (SSSR count). The van der Waals surface area contributed by atoms with Gasteiger partial charge < -0.3 is 9.47 Å². The van der Waals surface area contributed by atoms with Gasteiger partial charge in [-0.2, -0.15) is 5.26 Å². The van der Waals surface area contributed by atoms with Crippen molar-refractivity contribution in [2.45, 2.75) is 32.7 Å². The highest BCUT2D eigenvalue weighted by Gasteiger charge is 2.14. The predicted octanol–water partition coefficient (Wildman–Crippen LogP) is 2.61. The topological polar surface area (TPSA) is 57.7 Å². The first-order chi connectivity index (χ1) is 10.8. The number of nitriles is 1. The van der Waals surface area contributed by atoms with Crippen LogP contribution in [0.2, 0.25) is 0 Å². The zero-order valence-corrected chi connectivity index (χ0v) is 13.0. The van der Waals surface area contributed by atoms with Crippen LogP contribution in [-0.2, 0) is 6.54 Å². The number of aryl methyl sites for hydroxylation is 1. The summed E-state index contributed by atoms with van der Waals surface area (Å²) in [6, 6.07) is 9.75. The van der Waals surface area contributed by atoms with Crippen molar-refractivity contribution in [1.82, 2.24) is 19.7 Å². The molecule has 5 heteroatoms. The Balaban J connectivity index is 1.79. The summed E-state index contributed by atoms with van der Waals surface area (Å²) in [5, 5.41) is 17.6. The molecule has 0 unspecified atom stereocenters. The second-order valence-corrected chi connectivity index (χ2v) is 5.82. The number of aromatic nitrogens is 3. The highest BCUT2D eigenvalue weighted by molar-refractivity contribution is 5.58. The van der Waals surface area contributed by atoms with Gasteiger partial charge in [0.1, 0.15) is 5.82 Å². The zero-order valence-electron chi connectivity index (χ0n) is 13.0. The molecule has 1 aliphatic heterocycles. The lowest BCUT2D eigenvalue weighted by molar-refractivity contribution is 0.220. The largest absolute Gasteiger partial charge is 0.310 e. The minimum absolute atomic E-state index is 0.653. The number of hydrogen-bond acceptors (Lipinski definition) is 4. The molecule has 0 saturated carbocycles. The Morgan fingerprint density at radius 2 is 1.95 bits per heavy atom. The lowest BCUT2D eigenvalue weighted by atomic mass is 10.1. The maximum absolute atomic E-state index is 9.06. The fraction of sp³-hybridized carbons (Fsp3) is 0.471. The number of hydrogen-bond donors (Lipinski definition) is 0. The first kappa shape index (κ1) is 14.7. The molecular formula is C17H21N5. The molecule has 1 aromatic heterocycles. The van der Waals surface area contributed by atoms with Crippen LogP contribution < -0.4 is 0 Å². The number of likely N-dealkylation sites (tertiary alicyclic amines) is 1. The van der Waals surface area contributed by atoms with Crippen molar-refractivity contribution in [3.05, 3.63) is 35.7 Å². The van der Waals surface area contributed by atoms with Gasteiger partial charge in [-0.05, 0) is 45.0 Å². The van der Waals surface area contributed by atoms with Gasteiger partial charge in [0.2, 0.25) is 0 Å². The molecule has 1 aliphatic rings. The summed E-state index contributed by atoms with van der Waals surface area (Å²) in [7, 11) is 0. The van der Waals surface area contributed by atoms with Crippen LogP contribution in [0.25, 0.3) is 11.4 Å². The van der Waals surface area contributed by atoms with E-state index in [0.29, 0.717) is 5.56 Å². The zero-order chi connectivity index (χ0) is 15.4. The van der Waals surface area contributed by atoms with Crippen LogP contribution >= 0.6 is 0 Å². The van der Waals surface area contributed by atoms with Gasteiger partial charge >= 0.3 is 0 Å². The van der Waals surface area contributed by atoms with Gasteiger partial charge in [-0.15, -0.1) is 10.2 Å². The highest BCUT2D eigenvalue weighted by Crippen LogP contribution is 2.20. The molecule has 1 saturated heterocycles. The van der Waals surface area contributed by atoms with Crippen molar-refractivity contribution in [3.8, 4) is 17.5 Å². The van der Waals surface area contributed by atoms with Gasteiger partial charge in [0.25, 0.3) is 0 Å². The Hall–Kier alpha value is -2.19. The fourth-order valence-electron chi connectivity index (χ4n) is 3.01. The summed E-state index contributed by atoms with van der Waals surface area (Å²) in [4.78, 5) is 2.51. The Bertz CT molecular complexity index is 677. The van der Waals surface area contributed by atoms with Gasteiger partial charge in [-0.3, -0.25) is 0 Å². The molecule has 2 heterocycles. The first-order valence-electron chi connectivity index (χ1n) is 7.90. The van der Waals surface area contributed by atoms with Crippen LogP contribution in [0.3, 0.4) is 0 Å². The molecule has 0 N–H and O–H groups in total. The summed E-state index contributed by atoms with van der Waals surface area (Å²) in [5.41, 5.74) is 1.61. The Morgan fingerprint density at radius 3 is 2.73 bits per heavy atom. The molecule has 0 atom stereocenters. The predicted molar refractivity (Wildman–Crippen MR) is 85.2 cm³/mol. The molecule has 0 bridgehead atoms. The first-order valence-corrected chi connectivity index (χ1v) is 7.90. The van der Waals surface area contributed by atoms with E-state index in [1.807, 2.05) is 31.2 Å². The summed E-state index contributed by atoms with van der Waals surface area (Å²) in [6.07, 6.45) is 3.96. The number of rotatable bonds is 4. The third-order valence-corrected chi connectivity index (χ3v) is 4.27. The van der Waals surface area contributed by atoms with E-state index < -0.39 is 0 Å². The average molecular weight is 295 g/mol. The molecule has 1 aromatic carbocycles. The molecular weight excluding hydrogens is 274 g/mol. The average Bonchev–Trinajstić information content (AvgIpc) is 2.95. The molecule has 1 fully saturated rings. The molecule has 0 amide bonds. The summed E-state index contributed by atoms with van der Waals surface area (Å²) >= 11 is 0. The van der Waals surface area contributed by atoms with Crippen molar-refractivity contribution in [2.75, 3.05) is 19.6 Å². The van der Waals surface area contributed by atoms with Gasteiger partial charge in [0.05, 0.1) is 11.6 Å². The van der Waals surface area contributed by atoms with Crippen molar-refractivity contribution in [1.29, 1.82) is 5.26 Å². The van der Waals surface area contributed by atoms with E-state index in [9.17, 15) is 0 Å². The third kappa shape index (κ3) is 3.18. The molecule has 22 heavy (non-hydrogen) atoms. The second-order valence-electron chi connectivity index (χ2n) is 5.82. The molecule has 2 aromatic rings.